The molecule has 0 aromatic heterocycles. The van der Waals surface area contributed by atoms with E-state index >= 15 is 0 Å². The number of hydroxylamine groups is 1. The maximum Gasteiger partial charge on any atom is 0.323 e. The Hall–Kier alpha value is -2.54. The van der Waals surface area contributed by atoms with Crippen molar-refractivity contribution in [2.45, 2.75) is 11.3 Å². The van der Waals surface area contributed by atoms with E-state index in [2.05, 4.69) is 4.28 Å². The highest BCUT2D eigenvalue weighted by Gasteiger charge is 2.51. The summed E-state index contributed by atoms with van der Waals surface area (Å²) >= 11 is 0. The molecule has 152 valence electrons. The number of nitrogens with two attached hydrogens (primary N) is 1. The van der Waals surface area contributed by atoms with Crippen LogP contribution in [0.5, 0.6) is 0 Å². The van der Waals surface area contributed by atoms with Crippen LogP contribution in [-0.2, 0) is 24.0 Å². The summed E-state index contributed by atoms with van der Waals surface area (Å²) in [6.45, 7) is 0. The third-order valence-electron chi connectivity index (χ3n) is 4.76. The van der Waals surface area contributed by atoms with Gasteiger partial charge < -0.3 is 5.73 Å². The van der Waals surface area contributed by atoms with Gasteiger partial charge in [-0.2, -0.15) is 8.42 Å². The summed E-state index contributed by atoms with van der Waals surface area (Å²) in [5, 5.41) is 0. The van der Waals surface area contributed by atoms with Crippen molar-refractivity contribution in [1.29, 1.82) is 0 Å². The lowest BCUT2D eigenvalue weighted by Gasteiger charge is -2.24. The molecule has 1 fully saturated rings. The molecule has 3 N–H and O–H groups in total. The zero-order valence-corrected chi connectivity index (χ0v) is 14.4. The van der Waals surface area contributed by atoms with Crippen molar-refractivity contribution < 1.29 is 44.2 Å². The molecule has 1 aromatic rings. The van der Waals surface area contributed by atoms with E-state index in [9.17, 15) is 40.0 Å². The molecule has 13 heteroatoms. The van der Waals surface area contributed by atoms with E-state index in [1.165, 1.54) is 5.48 Å². The highest BCUT2D eigenvalue weighted by Crippen LogP contribution is 2.47. The molecule has 2 aliphatic rings. The predicted molar refractivity (Wildman–Crippen MR) is 79.6 cm³/mol. The first-order chi connectivity index (χ1) is 13.0. The Balaban J connectivity index is 1.84. The first-order valence-electron chi connectivity index (χ1n) is 7.69. The number of carbonyl (C=O) groups excluding carboxylic acids is 2. The van der Waals surface area contributed by atoms with Gasteiger partial charge in [0.2, 0.25) is 17.6 Å². The number of benzene rings is 1. The van der Waals surface area contributed by atoms with Crippen molar-refractivity contribution in [3.05, 3.63) is 41.2 Å². The molecule has 0 heterocycles. The highest BCUT2D eigenvalue weighted by molar-refractivity contribution is 7.86. The lowest BCUT2D eigenvalue weighted by molar-refractivity contribution is -0.138. The van der Waals surface area contributed by atoms with E-state index in [-0.39, 0.29) is 5.92 Å². The molecule has 4 atom stereocenters. The first-order valence-corrected chi connectivity index (χ1v) is 9.10. The molecule has 1 saturated carbocycles. The molecule has 0 aliphatic heterocycles. The first kappa shape index (κ1) is 20.2. The van der Waals surface area contributed by atoms with Crippen LogP contribution in [0.3, 0.4) is 0 Å². The monoisotopic (exact) mass is 426 g/mol. The average Bonchev–Trinajstić information content (AvgIpc) is 3.24. The third-order valence-corrected chi connectivity index (χ3v) is 5.92. The molecule has 0 radical (unpaired) electrons. The van der Waals surface area contributed by atoms with E-state index in [4.69, 9.17) is 5.73 Å². The SMILES string of the molecule is NC(=O)C1C2C=CC(C2)C1C(=O)NOS(=O)(=O)c1c(F)c(F)c(F)c(F)c1F. The molecule has 4 unspecified atom stereocenters. The summed E-state index contributed by atoms with van der Waals surface area (Å²) < 4.78 is 94.5. The normalized spacial score (nSPS) is 25.9. The van der Waals surface area contributed by atoms with Crippen molar-refractivity contribution in [1.82, 2.24) is 5.48 Å². The Morgan fingerprint density at radius 3 is 1.89 bits per heavy atom. The third kappa shape index (κ3) is 3.03. The van der Waals surface area contributed by atoms with Gasteiger partial charge in [0.1, 0.15) is 0 Å². The van der Waals surface area contributed by atoms with Crippen molar-refractivity contribution in [2.75, 3.05) is 0 Å². The Morgan fingerprint density at radius 2 is 1.39 bits per heavy atom. The number of allylic oxidation sites excluding steroid dienone is 2. The van der Waals surface area contributed by atoms with Crippen LogP contribution in [0.4, 0.5) is 22.0 Å². The second kappa shape index (κ2) is 6.81. The Kier molecular flexibility index (Phi) is 4.91. The fraction of sp³-hybridized carbons (Fsp3) is 0.333. The minimum absolute atomic E-state index is 0.343. The number of rotatable bonds is 5. The van der Waals surface area contributed by atoms with Gasteiger partial charge in [-0.15, -0.1) is 4.28 Å². The van der Waals surface area contributed by atoms with Crippen molar-refractivity contribution in [3.8, 4) is 0 Å². The van der Waals surface area contributed by atoms with E-state index < -0.39 is 73.7 Å². The van der Waals surface area contributed by atoms with Gasteiger partial charge >= 0.3 is 10.1 Å². The number of fused-ring (bicyclic) bond motifs is 2. The molecule has 2 bridgehead atoms. The van der Waals surface area contributed by atoms with Crippen LogP contribution in [0.15, 0.2) is 17.0 Å². The largest absolute Gasteiger partial charge is 0.369 e. The lowest BCUT2D eigenvalue weighted by atomic mass is 9.82. The minimum atomic E-state index is -5.62. The van der Waals surface area contributed by atoms with Gasteiger partial charge in [-0.05, 0) is 18.3 Å². The second-order valence-electron chi connectivity index (χ2n) is 6.31. The number of hydrogen-bond donors (Lipinski definition) is 2. The summed E-state index contributed by atoms with van der Waals surface area (Å²) in [4.78, 5) is 21.5. The van der Waals surface area contributed by atoms with E-state index in [1.807, 2.05) is 0 Å². The average molecular weight is 426 g/mol. The summed E-state index contributed by atoms with van der Waals surface area (Å²) in [5.74, 6) is -17.7. The fourth-order valence-electron chi connectivity index (χ4n) is 3.58. The smallest absolute Gasteiger partial charge is 0.323 e. The standard InChI is InChI=1S/C15H11F5N2O5S/c16-8-9(17)11(19)13(12(20)10(8)18)28(25,26)27-22-15(24)7-5-2-1-4(3-5)6(7)14(21)23/h1-2,4-7H,3H2,(H2,21,23)(H,22,24). The highest BCUT2D eigenvalue weighted by atomic mass is 32.2. The quantitative estimate of drug-likeness (QED) is 0.240. The second-order valence-corrected chi connectivity index (χ2v) is 7.79. The topological polar surface area (TPSA) is 116 Å². The lowest BCUT2D eigenvalue weighted by Crippen LogP contribution is -2.43. The van der Waals surface area contributed by atoms with E-state index in [0.717, 1.165) is 0 Å². The summed E-state index contributed by atoms with van der Waals surface area (Å²) in [6.07, 6.45) is 3.69. The zero-order chi connectivity index (χ0) is 21.0. The van der Waals surface area contributed by atoms with Gasteiger partial charge in [0.25, 0.3) is 0 Å². The Labute approximate surface area is 154 Å². The number of hydrogen-bond acceptors (Lipinski definition) is 5. The predicted octanol–water partition coefficient (Wildman–Crippen LogP) is 1.04. The molecule has 3 rings (SSSR count). The number of nitrogens with one attached hydrogen (secondary N) is 1. The van der Waals surface area contributed by atoms with Gasteiger partial charge in [-0.25, -0.2) is 27.4 Å². The maximum absolute atomic E-state index is 13.7. The molecular weight excluding hydrogens is 415 g/mol. The van der Waals surface area contributed by atoms with Crippen LogP contribution in [0, 0.1) is 52.8 Å². The van der Waals surface area contributed by atoms with Crippen molar-refractivity contribution in [2.24, 2.45) is 29.4 Å². The Morgan fingerprint density at radius 1 is 0.929 bits per heavy atom. The van der Waals surface area contributed by atoms with E-state index in [0.29, 0.717) is 6.42 Å². The molecule has 2 amide bonds. The van der Waals surface area contributed by atoms with Crippen LogP contribution < -0.4 is 11.2 Å². The van der Waals surface area contributed by atoms with Crippen molar-refractivity contribution >= 4 is 21.9 Å². The van der Waals surface area contributed by atoms with Gasteiger partial charge in [-0.3, -0.25) is 9.59 Å². The molecule has 1 aromatic carbocycles. The molecule has 28 heavy (non-hydrogen) atoms. The zero-order valence-electron chi connectivity index (χ0n) is 13.6. The van der Waals surface area contributed by atoms with E-state index in [1.54, 1.807) is 12.2 Å². The molecule has 2 aliphatic carbocycles. The van der Waals surface area contributed by atoms with Crippen LogP contribution in [0.1, 0.15) is 6.42 Å². The van der Waals surface area contributed by atoms with Crippen LogP contribution >= 0.6 is 0 Å². The van der Waals surface area contributed by atoms with Gasteiger partial charge in [0.15, 0.2) is 28.2 Å². The van der Waals surface area contributed by atoms with Crippen LogP contribution in [0.25, 0.3) is 0 Å². The van der Waals surface area contributed by atoms with Crippen molar-refractivity contribution in [3.63, 3.8) is 0 Å². The summed E-state index contributed by atoms with van der Waals surface area (Å²) in [6, 6.07) is 0. The minimum Gasteiger partial charge on any atom is -0.369 e. The summed E-state index contributed by atoms with van der Waals surface area (Å²) in [7, 11) is -5.62. The molecule has 7 nitrogen and oxygen atoms in total. The maximum atomic E-state index is 13.7. The number of primary amides is 1. The van der Waals surface area contributed by atoms with Gasteiger partial charge in [-0.1, -0.05) is 12.2 Å². The number of amides is 2. The fourth-order valence-corrected chi connectivity index (χ4v) is 4.47. The Bertz CT molecular complexity index is 984. The molecule has 0 spiro atoms. The van der Waals surface area contributed by atoms with Gasteiger partial charge in [0, 0.05) is 0 Å². The van der Waals surface area contributed by atoms with Gasteiger partial charge in [0.05, 0.1) is 11.8 Å². The number of halogens is 5. The molecular formula is C15H11F5N2O5S. The number of carbonyl (C=O) groups is 2. The summed E-state index contributed by atoms with van der Waals surface area (Å²) in [5.41, 5.74) is 6.64. The van der Waals surface area contributed by atoms with Crippen LogP contribution in [0.2, 0.25) is 0 Å². The molecule has 0 saturated heterocycles. The van der Waals surface area contributed by atoms with Crippen LogP contribution in [-0.4, -0.2) is 20.2 Å².